The molecule has 7 nitrogen and oxygen atoms in total. The Kier molecular flexibility index (Phi) is 8.61. The van der Waals surface area contributed by atoms with Gasteiger partial charge in [0, 0.05) is 18.7 Å². The number of nitrogens with two attached hydrogens (primary N) is 1. The Balaban J connectivity index is 1.99. The molecule has 0 amide bonds. The van der Waals surface area contributed by atoms with Gasteiger partial charge in [-0.1, -0.05) is 63.8 Å². The highest BCUT2D eigenvalue weighted by atomic mass is 16.5. The predicted octanol–water partition coefficient (Wildman–Crippen LogP) is 2.12. The van der Waals surface area contributed by atoms with E-state index in [9.17, 15) is 15.0 Å². The molecule has 5 N–H and O–H groups in total. The fourth-order valence-electron chi connectivity index (χ4n) is 3.45. The minimum Gasteiger partial charge on any atom is -0.460 e. The van der Waals surface area contributed by atoms with Crippen LogP contribution >= 0.6 is 0 Å². The Morgan fingerprint density at radius 1 is 1.40 bits per heavy atom. The van der Waals surface area contributed by atoms with Crippen molar-refractivity contribution in [2.45, 2.75) is 58.2 Å². The van der Waals surface area contributed by atoms with E-state index < -0.39 is 24.5 Å². The molecule has 4 atom stereocenters. The lowest BCUT2D eigenvalue weighted by Crippen LogP contribution is -2.66. The molecule has 0 aliphatic carbocycles. The van der Waals surface area contributed by atoms with Crippen LogP contribution in [-0.2, 0) is 9.53 Å². The molecule has 0 spiro atoms. The fraction of sp³-hybridized carbons (Fsp3) is 0.522. The molecule has 1 aromatic rings. The molecular weight excluding hydrogens is 382 g/mol. The van der Waals surface area contributed by atoms with E-state index in [-0.39, 0.29) is 18.0 Å². The van der Waals surface area contributed by atoms with Crippen LogP contribution in [0.1, 0.15) is 39.2 Å². The fourth-order valence-corrected chi connectivity index (χ4v) is 3.45. The second-order valence-corrected chi connectivity index (χ2v) is 8.67. The van der Waals surface area contributed by atoms with Crippen LogP contribution in [0, 0.1) is 5.41 Å². The van der Waals surface area contributed by atoms with Crippen molar-refractivity contribution in [1.82, 2.24) is 10.2 Å². The first-order valence-corrected chi connectivity index (χ1v) is 10.3. The molecule has 0 saturated carbocycles. The van der Waals surface area contributed by atoms with Gasteiger partial charge in [0.1, 0.15) is 25.1 Å². The quantitative estimate of drug-likeness (QED) is 0.200. The Bertz CT molecular complexity index is 744. The molecule has 7 heteroatoms. The summed E-state index contributed by atoms with van der Waals surface area (Å²) in [5.74, 6) is -0.364. The number of ether oxygens (including phenoxy) is 1. The normalized spacial score (nSPS) is 20.4. The van der Waals surface area contributed by atoms with Crippen LogP contribution in [0.2, 0.25) is 0 Å². The number of nitrogens with one attached hydrogen (secondary N) is 1. The van der Waals surface area contributed by atoms with Gasteiger partial charge in [0.25, 0.3) is 0 Å². The van der Waals surface area contributed by atoms with Crippen LogP contribution in [0.4, 0.5) is 5.69 Å². The van der Waals surface area contributed by atoms with Crippen molar-refractivity contribution in [3.05, 3.63) is 48.6 Å². The van der Waals surface area contributed by atoms with Crippen LogP contribution in [0.15, 0.2) is 43.0 Å². The first-order chi connectivity index (χ1) is 14.1. The lowest BCUT2D eigenvalue weighted by molar-refractivity contribution is -0.170. The zero-order chi connectivity index (χ0) is 22.3. The maximum atomic E-state index is 12.2. The zero-order valence-corrected chi connectivity index (χ0v) is 18.1. The molecule has 1 aromatic carbocycles. The van der Waals surface area contributed by atoms with Gasteiger partial charge in [0.2, 0.25) is 0 Å². The number of anilines is 1. The number of para-hydroxylation sites is 1. The van der Waals surface area contributed by atoms with Crippen molar-refractivity contribution >= 4 is 17.7 Å². The van der Waals surface area contributed by atoms with E-state index in [0.717, 1.165) is 5.56 Å². The summed E-state index contributed by atoms with van der Waals surface area (Å²) in [6.45, 7) is 10.2. The van der Waals surface area contributed by atoms with E-state index in [4.69, 9.17) is 10.5 Å². The highest BCUT2D eigenvalue weighted by Crippen LogP contribution is 2.30. The van der Waals surface area contributed by atoms with Crippen molar-refractivity contribution in [2.75, 3.05) is 18.9 Å². The monoisotopic (exact) mass is 417 g/mol. The summed E-state index contributed by atoms with van der Waals surface area (Å²) in [7, 11) is 0. The number of carbonyl (C=O) groups excluding carboxylic acids is 1. The minimum atomic E-state index is -0.941. The van der Waals surface area contributed by atoms with Crippen molar-refractivity contribution in [2.24, 2.45) is 5.41 Å². The Labute approximate surface area is 179 Å². The molecule has 2 rings (SSSR count). The lowest BCUT2D eigenvalue weighted by atomic mass is 9.83. The van der Waals surface area contributed by atoms with Gasteiger partial charge in [-0.3, -0.25) is 15.0 Å². The second-order valence-electron chi connectivity index (χ2n) is 8.67. The SMILES string of the molecule is C=CCOC(=O)C1CCN1C(O)C(NC(O)CC=Cc1ccccc1N)C(C)(C)C. The molecule has 1 fully saturated rings. The summed E-state index contributed by atoms with van der Waals surface area (Å²) < 4.78 is 5.13. The van der Waals surface area contributed by atoms with Gasteiger partial charge < -0.3 is 20.7 Å². The first-order valence-electron chi connectivity index (χ1n) is 10.3. The molecule has 1 aliphatic heterocycles. The third-order valence-corrected chi connectivity index (χ3v) is 5.27. The van der Waals surface area contributed by atoms with Crippen molar-refractivity contribution < 1.29 is 19.7 Å². The zero-order valence-electron chi connectivity index (χ0n) is 18.1. The maximum absolute atomic E-state index is 12.2. The van der Waals surface area contributed by atoms with Crippen LogP contribution in [0.3, 0.4) is 0 Å². The third kappa shape index (κ3) is 6.40. The first kappa shape index (κ1) is 24.1. The van der Waals surface area contributed by atoms with E-state index in [1.165, 1.54) is 6.08 Å². The molecule has 1 aliphatic rings. The molecule has 0 aromatic heterocycles. The molecule has 0 bridgehead atoms. The number of rotatable bonds is 10. The number of carbonyl (C=O) groups is 1. The summed E-state index contributed by atoms with van der Waals surface area (Å²) in [6.07, 6.45) is 4.40. The van der Waals surface area contributed by atoms with Gasteiger partial charge >= 0.3 is 5.97 Å². The molecular formula is C23H35N3O4. The maximum Gasteiger partial charge on any atom is 0.323 e. The Morgan fingerprint density at radius 3 is 2.67 bits per heavy atom. The summed E-state index contributed by atoms with van der Waals surface area (Å²) in [4.78, 5) is 13.9. The summed E-state index contributed by atoms with van der Waals surface area (Å²) in [5.41, 5.74) is 7.12. The Hall–Kier alpha value is -2.19. The van der Waals surface area contributed by atoms with Crippen molar-refractivity contribution in [3.8, 4) is 0 Å². The number of hydrogen-bond acceptors (Lipinski definition) is 7. The number of esters is 1. The summed E-state index contributed by atoms with van der Waals surface area (Å²) >= 11 is 0. The topological polar surface area (TPSA) is 108 Å². The van der Waals surface area contributed by atoms with Gasteiger partial charge in [-0.15, -0.1) is 0 Å². The number of nitrogens with zero attached hydrogens (tertiary/aromatic N) is 1. The van der Waals surface area contributed by atoms with E-state index in [1.54, 1.807) is 4.90 Å². The standard InChI is InChI=1S/C23H35N3O4/c1-5-15-30-22(29)18-13-14-26(18)21(28)20(23(2,3)4)25-19(27)12-8-10-16-9-6-7-11-17(16)24/h5-11,18-21,25,27-28H,1,12-15,24H2,2-4H3. The van der Waals surface area contributed by atoms with E-state index in [2.05, 4.69) is 11.9 Å². The van der Waals surface area contributed by atoms with Gasteiger partial charge in [-0.2, -0.15) is 0 Å². The van der Waals surface area contributed by atoms with Gasteiger partial charge in [-0.25, -0.2) is 0 Å². The van der Waals surface area contributed by atoms with Crippen molar-refractivity contribution in [1.29, 1.82) is 0 Å². The molecule has 166 valence electrons. The minimum absolute atomic E-state index is 0.150. The predicted molar refractivity (Wildman–Crippen MR) is 119 cm³/mol. The van der Waals surface area contributed by atoms with Crippen LogP contribution < -0.4 is 11.1 Å². The van der Waals surface area contributed by atoms with Crippen LogP contribution in [0.5, 0.6) is 0 Å². The molecule has 0 radical (unpaired) electrons. The number of nitrogen functional groups attached to an aromatic ring is 1. The second kappa shape index (κ2) is 10.7. The van der Waals surface area contributed by atoms with Gasteiger partial charge in [0.15, 0.2) is 0 Å². The van der Waals surface area contributed by atoms with Crippen molar-refractivity contribution in [3.63, 3.8) is 0 Å². The largest absolute Gasteiger partial charge is 0.460 e. The number of likely N-dealkylation sites (tertiary alicyclic amines) is 1. The molecule has 1 saturated heterocycles. The molecule has 30 heavy (non-hydrogen) atoms. The van der Waals surface area contributed by atoms with E-state index in [0.29, 0.717) is 25.1 Å². The van der Waals surface area contributed by atoms with Crippen LogP contribution in [0.25, 0.3) is 6.08 Å². The average Bonchev–Trinajstić information content (AvgIpc) is 2.64. The number of hydrogen-bond donors (Lipinski definition) is 4. The van der Waals surface area contributed by atoms with E-state index >= 15 is 0 Å². The lowest BCUT2D eigenvalue weighted by Gasteiger charge is -2.48. The number of aliphatic hydroxyl groups excluding tert-OH is 2. The summed E-state index contributed by atoms with van der Waals surface area (Å²) in [5, 5.41) is 24.6. The highest BCUT2D eigenvalue weighted by Gasteiger charge is 2.45. The summed E-state index contributed by atoms with van der Waals surface area (Å²) in [6, 6.07) is 6.56. The van der Waals surface area contributed by atoms with Crippen LogP contribution in [-0.4, -0.2) is 58.8 Å². The average molecular weight is 418 g/mol. The van der Waals surface area contributed by atoms with Gasteiger partial charge in [-0.05, 0) is 23.5 Å². The third-order valence-electron chi connectivity index (χ3n) is 5.27. The molecule has 1 heterocycles. The smallest absolute Gasteiger partial charge is 0.323 e. The van der Waals surface area contributed by atoms with Gasteiger partial charge in [0.05, 0.1) is 6.04 Å². The Morgan fingerprint density at radius 2 is 2.10 bits per heavy atom. The van der Waals surface area contributed by atoms with E-state index in [1.807, 2.05) is 57.2 Å². The number of aliphatic hydroxyl groups is 2. The highest BCUT2D eigenvalue weighted by molar-refractivity contribution is 5.77. The number of benzene rings is 1. The molecule has 4 unspecified atom stereocenters.